The van der Waals surface area contributed by atoms with Gasteiger partial charge in [-0.15, -0.1) is 0 Å². The molecular formula is C54H62N2O16S2. The second-order valence-electron chi connectivity index (χ2n) is 18.1. The first kappa shape index (κ1) is 53.3. The van der Waals surface area contributed by atoms with Gasteiger partial charge in [0.1, 0.15) is 46.7 Å². The molecule has 0 N–H and O–H groups in total. The number of fused-ring (bicyclic) bond motifs is 4. The standard InChI is InChI=1S/C54H62N2O16S2/c57-73(58,59)35-17-55-15-13-43(41-5-1-3-7-45(41)55)53-51(39-9-11-47-49(37-39)71-33-29-67-25-21-63-19-23-65-27-31-69-47)54(44-14-16-56(18-36-74(60,61)62)46-8-4-2-6-42(44)46)52(53)40-10-12-48-50(38-40)72-34-30-68-26-22-64-20-24-66-28-32-70-48/h1-16,37-38,51-54H,17-36H2. The molecule has 9 rings (SSSR count). The first-order valence-corrected chi connectivity index (χ1v) is 28.1. The van der Waals surface area contributed by atoms with Gasteiger partial charge >= 0.3 is 0 Å². The molecule has 0 bridgehead atoms. The number of rotatable bonds is 10. The fourth-order valence-electron chi connectivity index (χ4n) is 10.2. The molecule has 4 heterocycles. The van der Waals surface area contributed by atoms with Crippen molar-refractivity contribution in [3.63, 3.8) is 0 Å². The van der Waals surface area contributed by atoms with Gasteiger partial charge in [-0.25, -0.2) is 16.8 Å². The van der Waals surface area contributed by atoms with Crippen molar-refractivity contribution in [1.82, 2.24) is 0 Å². The quantitative estimate of drug-likeness (QED) is 0.134. The summed E-state index contributed by atoms with van der Waals surface area (Å²) < 4.78 is 135. The van der Waals surface area contributed by atoms with E-state index < -0.39 is 31.7 Å². The Morgan fingerprint density at radius 1 is 0.392 bits per heavy atom. The molecular weight excluding hydrogens is 997 g/mol. The van der Waals surface area contributed by atoms with Crippen molar-refractivity contribution in [2.24, 2.45) is 0 Å². The van der Waals surface area contributed by atoms with Crippen molar-refractivity contribution in [1.29, 1.82) is 0 Å². The first-order chi connectivity index (χ1) is 36.0. The zero-order valence-corrected chi connectivity index (χ0v) is 42.7. The number of hydrogen-bond acceptors (Lipinski definition) is 16. The van der Waals surface area contributed by atoms with Crippen molar-refractivity contribution in [3.05, 3.63) is 132 Å². The topological polar surface area (TPSA) is 214 Å². The summed E-state index contributed by atoms with van der Waals surface area (Å²) in [5, 5.41) is 1.74. The molecule has 74 heavy (non-hydrogen) atoms. The molecule has 396 valence electrons. The summed E-state index contributed by atoms with van der Waals surface area (Å²) in [5.41, 5.74) is 5.34. The van der Waals surface area contributed by atoms with E-state index in [9.17, 15) is 25.9 Å². The van der Waals surface area contributed by atoms with Crippen molar-refractivity contribution >= 4 is 42.0 Å². The van der Waals surface area contributed by atoms with E-state index in [1.165, 1.54) is 0 Å². The Morgan fingerprint density at radius 3 is 1.07 bits per heavy atom. The lowest BCUT2D eigenvalue weighted by Crippen LogP contribution is -2.43. The van der Waals surface area contributed by atoms with Crippen LogP contribution in [-0.4, -0.2) is 143 Å². The number of para-hydroxylation sites is 2. The molecule has 0 atom stereocenters. The van der Waals surface area contributed by atoms with Crippen LogP contribution in [0.15, 0.2) is 109 Å². The van der Waals surface area contributed by atoms with Crippen LogP contribution in [-0.2, 0) is 61.7 Å². The first-order valence-electron chi connectivity index (χ1n) is 25.0. The average molecular weight is 1060 g/mol. The van der Waals surface area contributed by atoms with E-state index in [4.69, 9.17) is 47.4 Å². The molecule has 0 spiro atoms. The van der Waals surface area contributed by atoms with Crippen molar-refractivity contribution in [2.75, 3.05) is 117 Å². The van der Waals surface area contributed by atoms with Gasteiger partial charge in [-0.1, -0.05) is 36.4 Å². The number of ether oxygens (including phenoxy) is 10. The summed E-state index contributed by atoms with van der Waals surface area (Å²) in [6.07, 6.45) is 3.70. The van der Waals surface area contributed by atoms with E-state index in [0.29, 0.717) is 102 Å². The Kier molecular flexibility index (Phi) is 18.3. The van der Waals surface area contributed by atoms with Crippen molar-refractivity contribution in [2.45, 2.75) is 36.8 Å². The molecule has 18 nitrogen and oxygen atoms in total. The monoisotopic (exact) mass is 1060 g/mol. The zero-order valence-electron chi connectivity index (χ0n) is 41.1. The molecule has 0 unspecified atom stereocenters. The van der Waals surface area contributed by atoms with E-state index >= 15 is 0 Å². The summed E-state index contributed by atoms with van der Waals surface area (Å²) in [4.78, 5) is 0. The predicted octanol–water partition coefficient (Wildman–Crippen LogP) is 4.75. The van der Waals surface area contributed by atoms with Gasteiger partial charge in [-0.2, -0.15) is 9.13 Å². The Balaban J connectivity index is 1.23. The molecule has 3 aliphatic rings. The third-order valence-electron chi connectivity index (χ3n) is 13.5. The number of aromatic nitrogens is 2. The molecule has 0 radical (unpaired) electrons. The van der Waals surface area contributed by atoms with Crippen molar-refractivity contribution in [3.8, 4) is 23.0 Å². The lowest BCUT2D eigenvalue weighted by Gasteiger charge is -2.54. The van der Waals surface area contributed by atoms with Gasteiger partial charge in [0, 0.05) is 35.0 Å². The molecule has 4 aromatic carbocycles. The molecule has 1 saturated carbocycles. The van der Waals surface area contributed by atoms with Gasteiger partial charge in [-0.3, -0.25) is 0 Å². The highest BCUT2D eigenvalue weighted by Gasteiger charge is 2.54. The average Bonchev–Trinajstić information content (AvgIpc) is 3.40. The highest BCUT2D eigenvalue weighted by atomic mass is 32.2. The van der Waals surface area contributed by atoms with Gasteiger partial charge in [0.25, 0.3) is 0 Å². The maximum atomic E-state index is 12.0. The summed E-state index contributed by atoms with van der Waals surface area (Å²) >= 11 is 0. The normalized spacial score (nSPS) is 21.3. The van der Waals surface area contributed by atoms with Crippen LogP contribution >= 0.6 is 0 Å². The van der Waals surface area contributed by atoms with Crippen LogP contribution in [0.25, 0.3) is 21.8 Å². The number of nitrogens with zero attached hydrogens (tertiary/aromatic N) is 2. The molecule has 2 aliphatic heterocycles. The van der Waals surface area contributed by atoms with Gasteiger partial charge < -0.3 is 56.5 Å². The molecule has 1 aliphatic carbocycles. The minimum absolute atomic E-state index is 0.0374. The van der Waals surface area contributed by atoms with Gasteiger partial charge in [0.05, 0.1) is 90.8 Å². The van der Waals surface area contributed by atoms with E-state index in [-0.39, 0.29) is 63.2 Å². The summed E-state index contributed by atoms with van der Waals surface area (Å²) in [6, 6.07) is 31.6. The second-order valence-corrected chi connectivity index (χ2v) is 21.1. The summed E-state index contributed by atoms with van der Waals surface area (Å²) in [6.45, 7) is 5.59. The molecule has 0 saturated heterocycles. The van der Waals surface area contributed by atoms with E-state index in [1.54, 1.807) is 9.13 Å². The Hall–Kier alpha value is -5.52. The lowest BCUT2D eigenvalue weighted by molar-refractivity contribution is -0.667. The summed E-state index contributed by atoms with van der Waals surface area (Å²) in [7, 11) is -9.05. The van der Waals surface area contributed by atoms with Crippen LogP contribution in [0.4, 0.5) is 0 Å². The van der Waals surface area contributed by atoms with Crippen molar-refractivity contribution < 1.29 is 82.4 Å². The highest BCUT2D eigenvalue weighted by molar-refractivity contribution is 7.85. The van der Waals surface area contributed by atoms with Crippen LogP contribution in [0, 0.1) is 0 Å². The minimum Gasteiger partial charge on any atom is -0.748 e. The molecule has 20 heteroatoms. The van der Waals surface area contributed by atoms with Gasteiger partial charge in [-0.05, 0) is 82.3 Å². The zero-order chi connectivity index (χ0) is 51.3. The maximum absolute atomic E-state index is 12.0. The SMILES string of the molecule is O=S(=O)([O-])CC[n+]1ccc(C2C(c3ccc4c(c3)OCCOCCOCCOCCO4)C(c3cc[n+](CCS(=O)(=O)[O-])c4ccccc34)C2c2ccc3c(c2)OCCOCCOCCOCCO3)c2ccccc21. The fraction of sp³-hybridized carbons (Fsp3) is 0.444. The van der Waals surface area contributed by atoms with Crippen LogP contribution in [0.5, 0.6) is 23.0 Å². The number of hydrogen-bond donors (Lipinski definition) is 0. The largest absolute Gasteiger partial charge is 0.748 e. The smallest absolute Gasteiger partial charge is 0.212 e. The van der Waals surface area contributed by atoms with E-state index in [2.05, 4.69) is 12.1 Å². The lowest BCUT2D eigenvalue weighted by atomic mass is 9.48. The number of aryl methyl sites for hydroxylation is 2. The van der Waals surface area contributed by atoms with Crippen LogP contribution in [0.1, 0.15) is 45.9 Å². The third kappa shape index (κ3) is 13.7. The highest BCUT2D eigenvalue weighted by Crippen LogP contribution is 2.68. The Bertz CT molecular complexity index is 2860. The minimum atomic E-state index is -4.52. The van der Waals surface area contributed by atoms with Crippen LogP contribution in [0.3, 0.4) is 0 Å². The third-order valence-corrected chi connectivity index (χ3v) is 14.8. The number of pyridine rings is 2. The summed E-state index contributed by atoms with van der Waals surface area (Å²) in [5.74, 6) is -0.182. The Morgan fingerprint density at radius 2 is 0.716 bits per heavy atom. The van der Waals surface area contributed by atoms with Crippen LogP contribution in [0.2, 0.25) is 0 Å². The fourth-order valence-corrected chi connectivity index (χ4v) is 11.1. The molecule has 6 aromatic rings. The molecule has 2 aromatic heterocycles. The number of benzene rings is 4. The Labute approximate surface area is 431 Å². The van der Waals surface area contributed by atoms with Gasteiger partial charge in [0.15, 0.2) is 48.5 Å². The van der Waals surface area contributed by atoms with Crippen LogP contribution < -0.4 is 28.1 Å². The van der Waals surface area contributed by atoms with E-state index in [1.807, 2.05) is 97.3 Å². The molecule has 0 amide bonds. The predicted molar refractivity (Wildman–Crippen MR) is 268 cm³/mol. The maximum Gasteiger partial charge on any atom is 0.212 e. The second kappa shape index (κ2) is 25.3. The molecule has 1 fully saturated rings. The van der Waals surface area contributed by atoms with E-state index in [0.717, 1.165) is 44.1 Å². The van der Waals surface area contributed by atoms with Gasteiger partial charge in [0.2, 0.25) is 11.0 Å².